The summed E-state index contributed by atoms with van der Waals surface area (Å²) in [7, 11) is -2.13. The Bertz CT molecular complexity index is 996. The largest absolute Gasteiger partial charge is 0.338 e. The molecule has 7 nitrogen and oxygen atoms in total. The number of carbonyl (C=O) groups excluding carboxylic acids is 2. The van der Waals surface area contributed by atoms with Crippen LogP contribution in [0, 0.1) is 5.82 Å². The zero-order chi connectivity index (χ0) is 22.5. The number of carbonyl (C=O) groups is 2. The average molecular weight is 454 g/mol. The minimum Gasteiger partial charge on any atom is -0.338 e. The molecule has 30 heavy (non-hydrogen) atoms. The maximum absolute atomic E-state index is 12.9. The first-order valence-corrected chi connectivity index (χ1v) is 11.6. The van der Waals surface area contributed by atoms with Gasteiger partial charge in [0.05, 0.1) is 21.9 Å². The number of amides is 2. The molecule has 0 bridgehead atoms. The fourth-order valence-corrected chi connectivity index (χ4v) is 3.94. The maximum atomic E-state index is 12.9. The Morgan fingerprint density at radius 2 is 1.67 bits per heavy atom. The molecule has 10 heteroatoms. The fraction of sp³-hybridized carbons (Fsp3) is 0.300. The highest BCUT2D eigenvalue weighted by molar-refractivity contribution is 8.01. The Morgan fingerprint density at radius 1 is 1.10 bits per heavy atom. The molecule has 0 aliphatic rings. The molecule has 0 aliphatic carbocycles. The minimum absolute atomic E-state index is 0.00326. The van der Waals surface area contributed by atoms with Crippen LogP contribution in [0.25, 0.3) is 0 Å². The van der Waals surface area contributed by atoms with Crippen molar-refractivity contribution in [3.05, 3.63) is 59.9 Å². The van der Waals surface area contributed by atoms with Crippen LogP contribution in [-0.2, 0) is 19.6 Å². The lowest BCUT2D eigenvalue weighted by Gasteiger charge is -2.28. The summed E-state index contributed by atoms with van der Waals surface area (Å²) in [4.78, 5) is 26.3. The van der Waals surface area contributed by atoms with Crippen molar-refractivity contribution < 1.29 is 22.4 Å². The van der Waals surface area contributed by atoms with Crippen molar-refractivity contribution >= 4 is 39.3 Å². The molecule has 0 aromatic heterocycles. The second kappa shape index (κ2) is 10.1. The van der Waals surface area contributed by atoms with Crippen LogP contribution in [0.1, 0.15) is 25.5 Å². The summed E-state index contributed by atoms with van der Waals surface area (Å²) in [5, 5.41) is 7.28. The Kier molecular flexibility index (Phi) is 7.99. The molecule has 0 radical (unpaired) electrons. The number of hydrogen-bond donors (Lipinski definition) is 2. The van der Waals surface area contributed by atoms with E-state index in [-0.39, 0.29) is 28.5 Å². The zero-order valence-corrected chi connectivity index (χ0v) is 18.5. The molecule has 3 N–H and O–H groups in total. The molecule has 2 aromatic rings. The second-order valence-electron chi connectivity index (χ2n) is 6.75. The van der Waals surface area contributed by atoms with Gasteiger partial charge in [0.25, 0.3) is 0 Å². The number of anilines is 1. The van der Waals surface area contributed by atoms with Gasteiger partial charge in [0.15, 0.2) is 0 Å². The van der Waals surface area contributed by atoms with Gasteiger partial charge in [0.2, 0.25) is 21.8 Å². The van der Waals surface area contributed by atoms with Crippen LogP contribution in [0.15, 0.2) is 53.4 Å². The molecule has 0 saturated carbocycles. The molecule has 2 aromatic carbocycles. The van der Waals surface area contributed by atoms with Gasteiger partial charge in [0, 0.05) is 12.7 Å². The molecule has 162 valence electrons. The maximum Gasteiger partial charge on any atom is 0.238 e. The Balaban J connectivity index is 1.91. The molecular weight excluding hydrogens is 429 g/mol. The Labute approximate surface area is 179 Å². The third kappa shape index (κ3) is 6.54. The predicted octanol–water partition coefficient (Wildman–Crippen LogP) is 2.75. The molecule has 0 saturated heterocycles. The van der Waals surface area contributed by atoms with Gasteiger partial charge < -0.3 is 10.2 Å². The van der Waals surface area contributed by atoms with Crippen LogP contribution in [0.2, 0.25) is 0 Å². The standard InChI is InChI=1S/C20H24FN3O4S2/c1-13(15-4-10-18(11-5-15)30(22,27)28)24(3)20(26)14(2)29-12-19(25)23-17-8-6-16(21)7-9-17/h4-11,13-14H,12H2,1-3H3,(H,23,25)(H2,22,27,28). The molecular formula is C20H24FN3O4S2. The summed E-state index contributed by atoms with van der Waals surface area (Å²) < 4.78 is 35.6. The van der Waals surface area contributed by atoms with E-state index in [4.69, 9.17) is 5.14 Å². The smallest absolute Gasteiger partial charge is 0.238 e. The van der Waals surface area contributed by atoms with E-state index in [1.54, 1.807) is 31.0 Å². The number of primary sulfonamides is 1. The number of hydrogen-bond acceptors (Lipinski definition) is 5. The van der Waals surface area contributed by atoms with E-state index in [1.165, 1.54) is 48.2 Å². The summed E-state index contributed by atoms with van der Waals surface area (Å²) in [6.07, 6.45) is 0. The predicted molar refractivity (Wildman–Crippen MR) is 116 cm³/mol. The van der Waals surface area contributed by atoms with Crippen molar-refractivity contribution in [3.8, 4) is 0 Å². The number of thioether (sulfide) groups is 1. The van der Waals surface area contributed by atoms with Gasteiger partial charge in [-0.15, -0.1) is 11.8 Å². The molecule has 2 atom stereocenters. The van der Waals surface area contributed by atoms with Gasteiger partial charge >= 0.3 is 0 Å². The lowest BCUT2D eigenvalue weighted by Crippen LogP contribution is -2.36. The normalized spacial score (nSPS) is 13.4. The number of nitrogens with zero attached hydrogens (tertiary/aromatic N) is 1. The van der Waals surface area contributed by atoms with E-state index in [0.717, 1.165) is 5.56 Å². The van der Waals surface area contributed by atoms with E-state index in [0.29, 0.717) is 5.69 Å². The molecule has 0 heterocycles. The summed E-state index contributed by atoms with van der Waals surface area (Å²) >= 11 is 1.19. The molecule has 0 spiro atoms. The molecule has 2 unspecified atom stereocenters. The highest BCUT2D eigenvalue weighted by Gasteiger charge is 2.24. The molecule has 2 rings (SSSR count). The Hall–Kier alpha value is -2.43. The molecule has 0 fully saturated rings. The van der Waals surface area contributed by atoms with Gasteiger partial charge in [-0.2, -0.15) is 0 Å². The quantitative estimate of drug-likeness (QED) is 0.639. The van der Waals surface area contributed by atoms with Crippen LogP contribution in [0.3, 0.4) is 0 Å². The number of halogens is 1. The van der Waals surface area contributed by atoms with E-state index in [1.807, 2.05) is 6.92 Å². The first kappa shape index (κ1) is 23.8. The van der Waals surface area contributed by atoms with E-state index < -0.39 is 21.1 Å². The average Bonchev–Trinajstić information content (AvgIpc) is 2.71. The Morgan fingerprint density at radius 3 is 2.20 bits per heavy atom. The van der Waals surface area contributed by atoms with Crippen LogP contribution in [-0.4, -0.2) is 43.2 Å². The third-order valence-corrected chi connectivity index (χ3v) is 6.62. The van der Waals surface area contributed by atoms with E-state index >= 15 is 0 Å². The van der Waals surface area contributed by atoms with Crippen LogP contribution in [0.5, 0.6) is 0 Å². The zero-order valence-electron chi connectivity index (χ0n) is 16.8. The topological polar surface area (TPSA) is 110 Å². The molecule has 2 amide bonds. The van der Waals surface area contributed by atoms with Gasteiger partial charge in [-0.1, -0.05) is 12.1 Å². The van der Waals surface area contributed by atoms with Crippen LogP contribution < -0.4 is 10.5 Å². The highest BCUT2D eigenvalue weighted by atomic mass is 32.2. The summed E-state index contributed by atoms with van der Waals surface area (Å²) in [6.45, 7) is 3.54. The van der Waals surface area contributed by atoms with Gasteiger partial charge in [-0.05, 0) is 55.8 Å². The van der Waals surface area contributed by atoms with Crippen LogP contribution >= 0.6 is 11.8 Å². The highest BCUT2D eigenvalue weighted by Crippen LogP contribution is 2.23. The minimum atomic E-state index is -3.78. The van der Waals surface area contributed by atoms with Crippen molar-refractivity contribution in [1.29, 1.82) is 0 Å². The van der Waals surface area contributed by atoms with Crippen molar-refractivity contribution in [2.75, 3.05) is 18.1 Å². The first-order valence-electron chi connectivity index (χ1n) is 9.05. The van der Waals surface area contributed by atoms with Crippen molar-refractivity contribution in [1.82, 2.24) is 4.90 Å². The monoisotopic (exact) mass is 453 g/mol. The first-order chi connectivity index (χ1) is 14.0. The fourth-order valence-electron chi connectivity index (χ4n) is 2.64. The summed E-state index contributed by atoms with van der Waals surface area (Å²) in [6, 6.07) is 11.1. The summed E-state index contributed by atoms with van der Waals surface area (Å²) in [5.41, 5.74) is 1.24. The number of benzene rings is 2. The second-order valence-corrected chi connectivity index (χ2v) is 9.64. The van der Waals surface area contributed by atoms with E-state index in [2.05, 4.69) is 5.32 Å². The van der Waals surface area contributed by atoms with Gasteiger partial charge in [-0.3, -0.25) is 9.59 Å². The SMILES string of the molecule is CC(SCC(=O)Nc1ccc(F)cc1)C(=O)N(C)C(C)c1ccc(S(N)(=O)=O)cc1. The number of rotatable bonds is 8. The number of sulfonamides is 1. The van der Waals surface area contributed by atoms with Crippen LogP contribution in [0.4, 0.5) is 10.1 Å². The van der Waals surface area contributed by atoms with E-state index in [9.17, 15) is 22.4 Å². The number of nitrogens with two attached hydrogens (primary N) is 1. The van der Waals surface area contributed by atoms with Crippen molar-refractivity contribution in [2.45, 2.75) is 30.0 Å². The van der Waals surface area contributed by atoms with Crippen molar-refractivity contribution in [2.24, 2.45) is 5.14 Å². The lowest BCUT2D eigenvalue weighted by atomic mass is 10.1. The van der Waals surface area contributed by atoms with Gasteiger partial charge in [0.1, 0.15) is 5.82 Å². The van der Waals surface area contributed by atoms with Gasteiger partial charge in [-0.25, -0.2) is 17.9 Å². The van der Waals surface area contributed by atoms with Crippen molar-refractivity contribution in [3.63, 3.8) is 0 Å². The number of nitrogens with one attached hydrogen (secondary N) is 1. The molecule has 0 aliphatic heterocycles. The third-order valence-electron chi connectivity index (χ3n) is 4.56. The lowest BCUT2D eigenvalue weighted by molar-refractivity contribution is -0.130. The summed E-state index contributed by atoms with van der Waals surface area (Å²) in [5.74, 6) is -0.786.